The van der Waals surface area contributed by atoms with Crippen LogP contribution in [0.1, 0.15) is 24.1 Å². The fraction of sp³-hybridized carbons (Fsp3) is 0.333. The Hall–Kier alpha value is -2.01. The summed E-state index contributed by atoms with van der Waals surface area (Å²) >= 11 is 0. The normalized spacial score (nSPS) is 12.2. The molecule has 0 saturated carbocycles. The van der Waals surface area contributed by atoms with Gasteiger partial charge in [0.25, 0.3) is 0 Å². The van der Waals surface area contributed by atoms with Crippen LogP contribution in [0, 0.1) is 5.82 Å². The quantitative estimate of drug-likeness (QED) is 0.880. The molecule has 1 aromatic carbocycles. The van der Waals surface area contributed by atoms with Crippen LogP contribution in [-0.2, 0) is 6.42 Å². The van der Waals surface area contributed by atoms with E-state index in [1.54, 1.807) is 30.6 Å². The highest BCUT2D eigenvalue weighted by Gasteiger charge is 2.16. The van der Waals surface area contributed by atoms with Gasteiger partial charge in [-0.05, 0) is 24.6 Å². The van der Waals surface area contributed by atoms with Gasteiger partial charge in [-0.3, -0.25) is 0 Å². The maximum atomic E-state index is 14.2. The minimum absolute atomic E-state index is 0.0252. The zero-order valence-electron chi connectivity index (χ0n) is 11.6. The highest BCUT2D eigenvalue weighted by atomic mass is 19.1. The predicted octanol–water partition coefficient (Wildman–Crippen LogP) is 2.52. The van der Waals surface area contributed by atoms with E-state index in [2.05, 4.69) is 15.3 Å². The van der Waals surface area contributed by atoms with E-state index < -0.39 is 0 Å². The van der Waals surface area contributed by atoms with Gasteiger partial charge in [-0.15, -0.1) is 0 Å². The predicted molar refractivity (Wildman–Crippen MR) is 75.1 cm³/mol. The van der Waals surface area contributed by atoms with Crippen LogP contribution in [0.15, 0.2) is 36.9 Å². The third-order valence-electron chi connectivity index (χ3n) is 3.12. The Balaban J connectivity index is 2.25. The number of likely N-dealkylation sites (N-methyl/N-ethyl adjacent to an activating group) is 1. The molecule has 1 unspecified atom stereocenters. The summed E-state index contributed by atoms with van der Waals surface area (Å²) in [6, 6.07) is 5.16. The van der Waals surface area contributed by atoms with E-state index in [9.17, 15) is 4.39 Å². The van der Waals surface area contributed by atoms with Crippen molar-refractivity contribution in [3.63, 3.8) is 0 Å². The molecule has 1 N–H and O–H groups in total. The minimum Gasteiger partial charge on any atom is -0.494 e. The number of halogens is 1. The summed E-state index contributed by atoms with van der Waals surface area (Å²) in [6.45, 7) is 2.80. The lowest BCUT2D eigenvalue weighted by Crippen LogP contribution is -2.23. The standard InChI is InChI=1S/C15H18FN3O/c1-3-19-13(12-8-17-10-18-9-12)7-11-5-4-6-14(20-2)15(11)16/h4-6,8-10,13,19H,3,7H2,1-2H3. The van der Waals surface area contributed by atoms with E-state index in [1.807, 2.05) is 6.92 Å². The van der Waals surface area contributed by atoms with Crippen LogP contribution in [0.25, 0.3) is 0 Å². The van der Waals surface area contributed by atoms with Crippen molar-refractivity contribution in [1.82, 2.24) is 15.3 Å². The van der Waals surface area contributed by atoms with Crippen LogP contribution in [0.4, 0.5) is 4.39 Å². The van der Waals surface area contributed by atoms with Crippen LogP contribution in [0.3, 0.4) is 0 Å². The lowest BCUT2D eigenvalue weighted by Gasteiger charge is -2.18. The van der Waals surface area contributed by atoms with Crippen molar-refractivity contribution >= 4 is 0 Å². The molecule has 0 radical (unpaired) electrons. The molecule has 0 saturated heterocycles. The van der Waals surface area contributed by atoms with E-state index >= 15 is 0 Å². The Morgan fingerprint density at radius 3 is 2.70 bits per heavy atom. The van der Waals surface area contributed by atoms with Crippen molar-refractivity contribution < 1.29 is 9.13 Å². The zero-order valence-corrected chi connectivity index (χ0v) is 11.6. The molecule has 20 heavy (non-hydrogen) atoms. The van der Waals surface area contributed by atoms with Gasteiger partial charge in [0.1, 0.15) is 6.33 Å². The van der Waals surface area contributed by atoms with E-state index in [4.69, 9.17) is 4.74 Å². The summed E-state index contributed by atoms with van der Waals surface area (Å²) in [5, 5.41) is 3.32. The van der Waals surface area contributed by atoms with Gasteiger partial charge in [-0.2, -0.15) is 0 Å². The Labute approximate surface area is 118 Å². The maximum absolute atomic E-state index is 14.2. The smallest absolute Gasteiger partial charge is 0.168 e. The third-order valence-corrected chi connectivity index (χ3v) is 3.12. The zero-order chi connectivity index (χ0) is 14.4. The summed E-state index contributed by atoms with van der Waals surface area (Å²) < 4.78 is 19.2. The number of aromatic nitrogens is 2. The van der Waals surface area contributed by atoms with Gasteiger partial charge in [0, 0.05) is 24.0 Å². The summed E-state index contributed by atoms with van der Waals surface area (Å²) in [6.07, 6.45) is 5.50. The number of nitrogens with one attached hydrogen (secondary N) is 1. The Bertz CT molecular complexity index is 548. The third kappa shape index (κ3) is 3.30. The fourth-order valence-electron chi connectivity index (χ4n) is 2.14. The fourth-order valence-corrected chi connectivity index (χ4v) is 2.14. The average molecular weight is 275 g/mol. The average Bonchev–Trinajstić information content (AvgIpc) is 2.49. The molecule has 1 heterocycles. The molecular weight excluding hydrogens is 257 g/mol. The van der Waals surface area contributed by atoms with Crippen molar-refractivity contribution in [2.24, 2.45) is 0 Å². The second-order valence-corrected chi connectivity index (χ2v) is 4.42. The summed E-state index contributed by atoms with van der Waals surface area (Å²) in [5.74, 6) is -0.0446. The highest BCUT2D eigenvalue weighted by molar-refractivity contribution is 5.32. The number of ether oxygens (including phenoxy) is 1. The molecule has 2 rings (SSSR count). The molecule has 0 aliphatic carbocycles. The topological polar surface area (TPSA) is 47.0 Å². The number of methoxy groups -OCH3 is 1. The molecule has 4 nitrogen and oxygen atoms in total. The number of hydrogen-bond donors (Lipinski definition) is 1. The van der Waals surface area contributed by atoms with Crippen molar-refractivity contribution in [2.45, 2.75) is 19.4 Å². The SMILES string of the molecule is CCNC(Cc1cccc(OC)c1F)c1cncnc1. The van der Waals surface area contributed by atoms with Gasteiger partial charge >= 0.3 is 0 Å². The first-order chi connectivity index (χ1) is 9.76. The summed E-state index contributed by atoms with van der Waals surface area (Å²) in [7, 11) is 1.47. The molecule has 2 aromatic rings. The highest BCUT2D eigenvalue weighted by Crippen LogP contribution is 2.24. The summed E-state index contributed by atoms with van der Waals surface area (Å²) in [4.78, 5) is 8.03. The van der Waals surface area contributed by atoms with Crippen molar-refractivity contribution in [1.29, 1.82) is 0 Å². The molecule has 5 heteroatoms. The van der Waals surface area contributed by atoms with E-state index in [0.29, 0.717) is 12.0 Å². The molecular formula is C15H18FN3O. The number of rotatable bonds is 6. The molecule has 1 aromatic heterocycles. The van der Waals surface area contributed by atoms with Crippen molar-refractivity contribution in [3.05, 3.63) is 53.9 Å². The van der Waals surface area contributed by atoms with Crippen LogP contribution in [0.5, 0.6) is 5.75 Å². The Kier molecular flexibility index (Phi) is 5.01. The molecule has 0 bridgehead atoms. The van der Waals surface area contributed by atoms with Crippen molar-refractivity contribution in [2.75, 3.05) is 13.7 Å². The van der Waals surface area contributed by atoms with Gasteiger partial charge in [-0.1, -0.05) is 19.1 Å². The largest absolute Gasteiger partial charge is 0.494 e. The van der Waals surface area contributed by atoms with Crippen LogP contribution in [-0.4, -0.2) is 23.6 Å². The maximum Gasteiger partial charge on any atom is 0.168 e. The second-order valence-electron chi connectivity index (χ2n) is 4.42. The summed E-state index contributed by atoms with van der Waals surface area (Å²) in [5.41, 5.74) is 1.55. The molecule has 0 aliphatic rings. The first-order valence-corrected chi connectivity index (χ1v) is 6.56. The van der Waals surface area contributed by atoms with Gasteiger partial charge in [0.15, 0.2) is 11.6 Å². The monoisotopic (exact) mass is 275 g/mol. The first kappa shape index (κ1) is 14.4. The molecule has 0 fully saturated rings. The van der Waals surface area contributed by atoms with Crippen LogP contribution >= 0.6 is 0 Å². The number of nitrogens with zero attached hydrogens (tertiary/aromatic N) is 2. The Morgan fingerprint density at radius 1 is 1.30 bits per heavy atom. The van der Waals surface area contributed by atoms with Crippen molar-refractivity contribution in [3.8, 4) is 5.75 Å². The molecule has 106 valence electrons. The second kappa shape index (κ2) is 6.96. The molecule has 0 aliphatic heterocycles. The lowest BCUT2D eigenvalue weighted by atomic mass is 10.0. The van der Waals surface area contributed by atoms with E-state index in [-0.39, 0.29) is 17.6 Å². The van der Waals surface area contributed by atoms with Gasteiger partial charge < -0.3 is 10.1 Å². The number of hydrogen-bond acceptors (Lipinski definition) is 4. The van der Waals surface area contributed by atoms with Gasteiger partial charge in [0.05, 0.1) is 7.11 Å². The van der Waals surface area contributed by atoms with Gasteiger partial charge in [-0.25, -0.2) is 14.4 Å². The minimum atomic E-state index is -0.310. The molecule has 1 atom stereocenters. The van der Waals surface area contributed by atoms with E-state index in [0.717, 1.165) is 12.1 Å². The van der Waals surface area contributed by atoms with Gasteiger partial charge in [0.2, 0.25) is 0 Å². The Morgan fingerprint density at radius 2 is 2.05 bits per heavy atom. The van der Waals surface area contributed by atoms with E-state index in [1.165, 1.54) is 13.4 Å². The molecule has 0 spiro atoms. The lowest BCUT2D eigenvalue weighted by molar-refractivity contribution is 0.382. The molecule has 0 amide bonds. The number of benzene rings is 1. The first-order valence-electron chi connectivity index (χ1n) is 6.56. The van der Waals surface area contributed by atoms with Crippen LogP contribution in [0.2, 0.25) is 0 Å². The van der Waals surface area contributed by atoms with Crippen LogP contribution < -0.4 is 10.1 Å².